The van der Waals surface area contributed by atoms with E-state index in [1.165, 1.54) is 10.9 Å². The Hall–Kier alpha value is -3.58. The maximum atomic E-state index is 14.5. The van der Waals surface area contributed by atoms with E-state index in [0.29, 0.717) is 31.4 Å². The number of carbonyl (C=O) groups excluding carboxylic acids is 4. The van der Waals surface area contributed by atoms with Crippen molar-refractivity contribution < 1.29 is 24.3 Å². The highest BCUT2D eigenvalue weighted by atomic mass is 16.3. The first-order chi connectivity index (χ1) is 21.4. The van der Waals surface area contributed by atoms with E-state index in [2.05, 4.69) is 56.4 Å². The SMILES string of the molecule is Cn1cc(C(=O)NCC(=O)NC[C@@]2(C)CC[C@]3(C)CC[C@@]4(C)[C@]5(C)CC[C@H]6CC(=O)C(C#N)=C[C@]6(C)C5=CC(=O)[C@]4(O)[C@@H]3C2)cn1. The van der Waals surface area contributed by atoms with E-state index < -0.39 is 21.8 Å². The third-order valence-corrected chi connectivity index (χ3v) is 13.6. The predicted molar refractivity (Wildman–Crippen MR) is 170 cm³/mol. The summed E-state index contributed by atoms with van der Waals surface area (Å²) in [5.74, 6) is -1.36. The Kier molecular flexibility index (Phi) is 7.36. The van der Waals surface area contributed by atoms with Crippen LogP contribution in [0, 0.1) is 50.2 Å². The molecule has 46 heavy (non-hydrogen) atoms. The number of fused-ring (bicyclic) bond motifs is 7. The fraction of sp³-hybridized carbons (Fsp3) is 0.667. The van der Waals surface area contributed by atoms with Gasteiger partial charge < -0.3 is 15.7 Å². The zero-order valence-corrected chi connectivity index (χ0v) is 28.0. The van der Waals surface area contributed by atoms with E-state index in [9.17, 15) is 29.5 Å². The average molecular weight is 630 g/mol. The van der Waals surface area contributed by atoms with Gasteiger partial charge in [-0.3, -0.25) is 23.9 Å². The maximum Gasteiger partial charge on any atom is 0.254 e. The summed E-state index contributed by atoms with van der Waals surface area (Å²) in [6, 6.07) is 2.09. The van der Waals surface area contributed by atoms with Crippen LogP contribution in [0.4, 0.5) is 0 Å². The third-order valence-electron chi connectivity index (χ3n) is 13.6. The fourth-order valence-corrected chi connectivity index (χ4v) is 10.3. The van der Waals surface area contributed by atoms with E-state index in [4.69, 9.17) is 0 Å². The highest BCUT2D eigenvalue weighted by molar-refractivity contribution is 6.02. The zero-order chi connectivity index (χ0) is 33.5. The van der Waals surface area contributed by atoms with Gasteiger partial charge in [-0.15, -0.1) is 0 Å². The molecule has 8 atom stereocenters. The number of hydrogen-bond acceptors (Lipinski definition) is 7. The number of aryl methyl sites for hydroxylation is 1. The molecule has 5 aliphatic carbocycles. The van der Waals surface area contributed by atoms with Crippen LogP contribution in [0.2, 0.25) is 0 Å². The van der Waals surface area contributed by atoms with Crippen LogP contribution in [-0.4, -0.2) is 57.0 Å². The number of nitriles is 1. The number of Topliss-reactive ketones (excluding diaryl/α,β-unsaturated/α-hetero) is 1. The van der Waals surface area contributed by atoms with Gasteiger partial charge in [0, 0.05) is 43.0 Å². The van der Waals surface area contributed by atoms with Crippen molar-refractivity contribution in [2.75, 3.05) is 13.1 Å². The van der Waals surface area contributed by atoms with Crippen LogP contribution >= 0.6 is 0 Å². The maximum absolute atomic E-state index is 14.5. The second kappa shape index (κ2) is 10.5. The standard InChI is InChI=1S/C36H47N5O5/c1-31(21-39-29(44)19-38-30(45)23-18-40-41(6)20-23)9-10-32(2)11-12-35(5)34(4)8-7-24-13-25(42)22(17-37)15-33(24,3)26(34)14-28(43)36(35,46)27(32)16-31/h14-15,18,20,24,27,46H,7-13,16,19,21H2,1-6H3,(H,38,45)(H,39,44)/t24-,27+,31-,32+,33-,34+,35-,36+/m0/s1. The van der Waals surface area contributed by atoms with E-state index in [1.807, 2.05) is 0 Å². The van der Waals surface area contributed by atoms with E-state index in [-0.39, 0.29) is 58.2 Å². The lowest BCUT2D eigenvalue weighted by Crippen LogP contribution is -2.73. The Morgan fingerprint density at radius 2 is 1.80 bits per heavy atom. The smallest absolute Gasteiger partial charge is 0.254 e. The van der Waals surface area contributed by atoms with Crippen molar-refractivity contribution in [3.8, 4) is 6.07 Å². The number of hydrogen-bond donors (Lipinski definition) is 3. The summed E-state index contributed by atoms with van der Waals surface area (Å²) >= 11 is 0. The molecule has 1 aromatic rings. The average Bonchev–Trinajstić information content (AvgIpc) is 3.46. The van der Waals surface area contributed by atoms with Crippen LogP contribution in [-0.2, 0) is 21.4 Å². The Bertz CT molecular complexity index is 1640. The van der Waals surface area contributed by atoms with Crippen LogP contribution in [0.25, 0.3) is 0 Å². The number of nitrogens with one attached hydrogen (secondary N) is 2. The number of aliphatic hydroxyl groups is 1. The molecule has 3 fully saturated rings. The van der Waals surface area contributed by atoms with Gasteiger partial charge in [-0.2, -0.15) is 10.4 Å². The summed E-state index contributed by atoms with van der Waals surface area (Å²) < 4.78 is 1.52. The molecule has 5 aliphatic rings. The molecule has 0 spiro atoms. The molecule has 0 bridgehead atoms. The quantitative estimate of drug-likeness (QED) is 0.445. The number of nitrogens with zero attached hydrogens (tertiary/aromatic N) is 3. The van der Waals surface area contributed by atoms with Gasteiger partial charge in [-0.1, -0.05) is 40.7 Å². The molecule has 0 saturated heterocycles. The summed E-state index contributed by atoms with van der Waals surface area (Å²) in [7, 11) is 1.72. The number of allylic oxidation sites excluding steroid dienone is 3. The van der Waals surface area contributed by atoms with Gasteiger partial charge in [-0.05, 0) is 78.8 Å². The van der Waals surface area contributed by atoms with Crippen LogP contribution < -0.4 is 10.6 Å². The highest BCUT2D eigenvalue weighted by Crippen LogP contribution is 2.74. The molecule has 1 heterocycles. The molecular formula is C36H47N5O5. The van der Waals surface area contributed by atoms with Crippen molar-refractivity contribution in [3.05, 3.63) is 41.3 Å². The van der Waals surface area contributed by atoms with Crippen molar-refractivity contribution in [1.82, 2.24) is 20.4 Å². The lowest BCUT2D eigenvalue weighted by atomic mass is 9.34. The van der Waals surface area contributed by atoms with Gasteiger partial charge in [0.05, 0.1) is 23.9 Å². The number of rotatable bonds is 5. The molecule has 2 amide bonds. The molecule has 3 saturated carbocycles. The van der Waals surface area contributed by atoms with Crippen molar-refractivity contribution in [3.63, 3.8) is 0 Å². The number of aromatic nitrogens is 2. The van der Waals surface area contributed by atoms with Crippen molar-refractivity contribution >= 4 is 23.4 Å². The van der Waals surface area contributed by atoms with E-state index in [1.54, 1.807) is 25.4 Å². The summed E-state index contributed by atoms with van der Waals surface area (Å²) in [5.41, 5.74) is -2.55. The van der Waals surface area contributed by atoms with E-state index >= 15 is 0 Å². The monoisotopic (exact) mass is 629 g/mol. The molecule has 3 N–H and O–H groups in total. The Morgan fingerprint density at radius 1 is 1.09 bits per heavy atom. The Balaban J connectivity index is 1.26. The van der Waals surface area contributed by atoms with Crippen molar-refractivity contribution in [2.45, 2.75) is 91.6 Å². The first-order valence-electron chi connectivity index (χ1n) is 16.6. The van der Waals surface area contributed by atoms with Crippen LogP contribution in [0.5, 0.6) is 0 Å². The van der Waals surface area contributed by atoms with Crippen molar-refractivity contribution in [1.29, 1.82) is 5.26 Å². The molecular weight excluding hydrogens is 582 g/mol. The van der Waals surface area contributed by atoms with Crippen LogP contribution in [0.1, 0.15) is 96.3 Å². The number of amides is 2. The Morgan fingerprint density at radius 3 is 2.48 bits per heavy atom. The minimum Gasteiger partial charge on any atom is -0.381 e. The number of carbonyl (C=O) groups is 4. The van der Waals surface area contributed by atoms with Crippen molar-refractivity contribution in [2.24, 2.45) is 46.0 Å². The highest BCUT2D eigenvalue weighted by Gasteiger charge is 2.74. The predicted octanol–water partition coefficient (Wildman–Crippen LogP) is 3.96. The summed E-state index contributed by atoms with van der Waals surface area (Å²) in [6.07, 6.45) is 12.2. The normalized spacial score (nSPS) is 41.4. The van der Waals surface area contributed by atoms with Gasteiger partial charge in [0.2, 0.25) is 5.91 Å². The van der Waals surface area contributed by atoms with E-state index in [0.717, 1.165) is 37.7 Å². The first kappa shape index (κ1) is 32.4. The first-order valence-corrected chi connectivity index (χ1v) is 16.6. The number of ketones is 2. The molecule has 0 unspecified atom stereocenters. The van der Waals surface area contributed by atoms with Crippen LogP contribution in [0.15, 0.2) is 35.7 Å². The molecule has 10 nitrogen and oxygen atoms in total. The largest absolute Gasteiger partial charge is 0.381 e. The van der Waals surface area contributed by atoms with Gasteiger partial charge in [0.1, 0.15) is 11.7 Å². The topological polar surface area (TPSA) is 154 Å². The molecule has 1 aromatic heterocycles. The van der Waals surface area contributed by atoms with Crippen LogP contribution in [0.3, 0.4) is 0 Å². The van der Waals surface area contributed by atoms with Gasteiger partial charge in [0.15, 0.2) is 11.6 Å². The summed E-state index contributed by atoms with van der Waals surface area (Å²) in [6.45, 7) is 10.9. The molecule has 0 aromatic carbocycles. The third kappa shape index (κ3) is 4.48. The summed E-state index contributed by atoms with van der Waals surface area (Å²) in [5, 5.41) is 32.4. The molecule has 0 aliphatic heterocycles. The summed E-state index contributed by atoms with van der Waals surface area (Å²) in [4.78, 5) is 52.4. The molecule has 6 rings (SSSR count). The van der Waals surface area contributed by atoms with Gasteiger partial charge in [0.25, 0.3) is 5.91 Å². The molecule has 246 valence electrons. The fourth-order valence-electron chi connectivity index (χ4n) is 10.3. The molecule has 10 heteroatoms. The lowest BCUT2D eigenvalue weighted by Gasteiger charge is -2.71. The second-order valence-electron chi connectivity index (χ2n) is 16.3. The van der Waals surface area contributed by atoms with Gasteiger partial charge in [-0.25, -0.2) is 0 Å². The minimum atomic E-state index is -1.60. The minimum absolute atomic E-state index is 0.0172. The Labute approximate surface area is 271 Å². The molecule has 0 radical (unpaired) electrons. The lowest BCUT2D eigenvalue weighted by molar-refractivity contribution is -0.242. The second-order valence-corrected chi connectivity index (χ2v) is 16.3. The zero-order valence-electron chi connectivity index (χ0n) is 28.0. The van der Waals surface area contributed by atoms with Gasteiger partial charge >= 0.3 is 0 Å².